The van der Waals surface area contributed by atoms with E-state index in [0.717, 1.165) is 22.6 Å². The van der Waals surface area contributed by atoms with E-state index in [-0.39, 0.29) is 11.8 Å². The molecule has 0 fully saturated rings. The van der Waals surface area contributed by atoms with Gasteiger partial charge in [-0.3, -0.25) is 9.59 Å². The number of thiophene rings is 1. The molecule has 33 heavy (non-hydrogen) atoms. The Bertz CT molecular complexity index is 1270. The summed E-state index contributed by atoms with van der Waals surface area (Å²) in [6.07, 6.45) is 0.809. The molecule has 0 saturated carbocycles. The highest BCUT2D eigenvalue weighted by atomic mass is 32.1. The van der Waals surface area contributed by atoms with Crippen LogP contribution in [0.3, 0.4) is 0 Å². The van der Waals surface area contributed by atoms with Crippen LogP contribution in [0.25, 0.3) is 0 Å². The van der Waals surface area contributed by atoms with Crippen LogP contribution in [-0.2, 0) is 13.0 Å². The molecule has 6 heteroatoms. The third-order valence-electron chi connectivity index (χ3n) is 5.59. The minimum Gasteiger partial charge on any atom is -0.457 e. The zero-order chi connectivity index (χ0) is 22.6. The van der Waals surface area contributed by atoms with Crippen molar-refractivity contribution < 1.29 is 14.3 Å². The summed E-state index contributed by atoms with van der Waals surface area (Å²) in [6.45, 7) is 1.24. The number of para-hydroxylation sites is 1. The van der Waals surface area contributed by atoms with Gasteiger partial charge in [-0.1, -0.05) is 30.3 Å². The predicted molar refractivity (Wildman–Crippen MR) is 130 cm³/mol. The van der Waals surface area contributed by atoms with Crippen molar-refractivity contribution in [1.82, 2.24) is 4.90 Å². The van der Waals surface area contributed by atoms with Crippen LogP contribution >= 0.6 is 11.3 Å². The second-order valence-corrected chi connectivity index (χ2v) is 8.78. The molecule has 1 aliphatic rings. The highest BCUT2D eigenvalue weighted by Crippen LogP contribution is 2.26. The van der Waals surface area contributed by atoms with Crippen LogP contribution in [0.4, 0.5) is 5.69 Å². The maximum absolute atomic E-state index is 12.8. The minimum atomic E-state index is -0.191. The average molecular weight is 455 g/mol. The lowest BCUT2D eigenvalue weighted by Crippen LogP contribution is -2.35. The molecule has 0 aliphatic carbocycles. The zero-order valence-electron chi connectivity index (χ0n) is 17.9. The van der Waals surface area contributed by atoms with E-state index < -0.39 is 0 Å². The molecule has 2 heterocycles. The molecule has 1 aliphatic heterocycles. The molecular formula is C27H22N2O3S. The third kappa shape index (κ3) is 4.81. The Balaban J connectivity index is 1.25. The number of hydrogen-bond donors (Lipinski definition) is 1. The summed E-state index contributed by atoms with van der Waals surface area (Å²) in [4.78, 5) is 28.1. The maximum Gasteiger partial charge on any atom is 0.264 e. The Morgan fingerprint density at radius 1 is 0.848 bits per heavy atom. The van der Waals surface area contributed by atoms with E-state index in [1.165, 1.54) is 16.9 Å². The Morgan fingerprint density at radius 2 is 1.64 bits per heavy atom. The van der Waals surface area contributed by atoms with Crippen molar-refractivity contribution in [1.29, 1.82) is 0 Å². The molecular weight excluding hydrogens is 432 g/mol. The van der Waals surface area contributed by atoms with Gasteiger partial charge >= 0.3 is 0 Å². The van der Waals surface area contributed by atoms with E-state index in [4.69, 9.17) is 4.74 Å². The number of carbonyl (C=O) groups is 2. The van der Waals surface area contributed by atoms with E-state index >= 15 is 0 Å². The summed E-state index contributed by atoms with van der Waals surface area (Å²) < 4.78 is 5.79. The third-order valence-corrected chi connectivity index (χ3v) is 6.45. The zero-order valence-corrected chi connectivity index (χ0v) is 18.7. The maximum atomic E-state index is 12.8. The fourth-order valence-corrected chi connectivity index (χ4v) is 4.56. The van der Waals surface area contributed by atoms with Crippen LogP contribution in [0, 0.1) is 0 Å². The summed E-state index contributed by atoms with van der Waals surface area (Å²) >= 11 is 1.46. The fourth-order valence-electron chi connectivity index (χ4n) is 3.87. The first kappa shape index (κ1) is 21.0. The summed E-state index contributed by atoms with van der Waals surface area (Å²) in [5, 5.41) is 4.88. The van der Waals surface area contributed by atoms with Crippen LogP contribution in [-0.4, -0.2) is 23.3 Å². The number of rotatable bonds is 5. The summed E-state index contributed by atoms with van der Waals surface area (Å²) in [5.74, 6) is 1.28. The monoisotopic (exact) mass is 454 g/mol. The summed E-state index contributed by atoms with van der Waals surface area (Å²) in [5.41, 5.74) is 3.54. The highest BCUT2D eigenvalue weighted by Gasteiger charge is 2.22. The quantitative estimate of drug-likeness (QED) is 0.403. The van der Waals surface area contributed by atoms with Gasteiger partial charge in [-0.05, 0) is 77.5 Å². The van der Waals surface area contributed by atoms with Crippen molar-refractivity contribution in [3.63, 3.8) is 0 Å². The number of nitrogens with one attached hydrogen (secondary N) is 1. The Hall–Kier alpha value is -3.90. The standard InChI is InChI=1S/C27H22N2O3S/c30-26(20-9-12-24(13-10-20)32-23-5-2-1-3-6-23)28-22-11-8-19-14-15-29(18-21(19)17-22)27(31)25-7-4-16-33-25/h1-13,16-17H,14-15,18H2,(H,28,30). The van der Waals surface area contributed by atoms with Gasteiger partial charge in [-0.25, -0.2) is 0 Å². The molecule has 5 nitrogen and oxygen atoms in total. The molecule has 0 saturated heterocycles. The molecule has 0 spiro atoms. The molecule has 164 valence electrons. The molecule has 5 rings (SSSR count). The fraction of sp³-hybridized carbons (Fsp3) is 0.111. The predicted octanol–water partition coefficient (Wildman–Crippen LogP) is 5.99. The number of hydrogen-bond acceptors (Lipinski definition) is 4. The molecule has 4 aromatic rings. The normalized spacial score (nSPS) is 12.7. The number of amides is 2. The molecule has 0 atom stereocenters. The van der Waals surface area contributed by atoms with Crippen LogP contribution in [0.5, 0.6) is 11.5 Å². The van der Waals surface area contributed by atoms with Gasteiger partial charge in [0.15, 0.2) is 0 Å². The molecule has 3 aromatic carbocycles. The van der Waals surface area contributed by atoms with Gasteiger partial charge in [-0.2, -0.15) is 0 Å². The largest absolute Gasteiger partial charge is 0.457 e. The van der Waals surface area contributed by atoms with E-state index in [1.54, 1.807) is 24.3 Å². The lowest BCUT2D eigenvalue weighted by atomic mass is 9.98. The van der Waals surface area contributed by atoms with Crippen molar-refractivity contribution in [2.45, 2.75) is 13.0 Å². The number of nitrogens with zero attached hydrogens (tertiary/aromatic N) is 1. The lowest BCUT2D eigenvalue weighted by Gasteiger charge is -2.29. The minimum absolute atomic E-state index is 0.0582. The number of benzene rings is 3. The van der Waals surface area contributed by atoms with Crippen molar-refractivity contribution in [2.24, 2.45) is 0 Å². The van der Waals surface area contributed by atoms with Crippen LogP contribution in [0.1, 0.15) is 31.2 Å². The first-order chi connectivity index (χ1) is 16.2. The van der Waals surface area contributed by atoms with E-state index in [9.17, 15) is 9.59 Å². The Kier molecular flexibility index (Phi) is 5.91. The van der Waals surface area contributed by atoms with E-state index in [0.29, 0.717) is 30.1 Å². The van der Waals surface area contributed by atoms with E-state index in [2.05, 4.69) is 5.32 Å². The molecule has 2 amide bonds. The SMILES string of the molecule is O=C(Nc1ccc2c(c1)CN(C(=O)c1cccs1)CC2)c1ccc(Oc2ccccc2)cc1. The number of carbonyl (C=O) groups excluding carboxylic acids is 2. The lowest BCUT2D eigenvalue weighted by molar-refractivity contribution is 0.0739. The first-order valence-corrected chi connectivity index (χ1v) is 11.6. The smallest absolute Gasteiger partial charge is 0.264 e. The Labute approximate surface area is 196 Å². The van der Waals surface area contributed by atoms with Gasteiger partial charge < -0.3 is 15.0 Å². The van der Waals surface area contributed by atoms with Crippen LogP contribution in [0.2, 0.25) is 0 Å². The summed E-state index contributed by atoms with van der Waals surface area (Å²) in [6, 6.07) is 26.2. The van der Waals surface area contributed by atoms with Gasteiger partial charge in [0.2, 0.25) is 0 Å². The second kappa shape index (κ2) is 9.30. The van der Waals surface area contributed by atoms with Gasteiger partial charge in [0.05, 0.1) is 4.88 Å². The van der Waals surface area contributed by atoms with Gasteiger partial charge in [-0.15, -0.1) is 11.3 Å². The molecule has 1 N–H and O–H groups in total. The van der Waals surface area contributed by atoms with Crippen molar-refractivity contribution in [3.05, 3.63) is 112 Å². The average Bonchev–Trinajstić information content (AvgIpc) is 3.39. The number of fused-ring (bicyclic) bond motifs is 1. The molecule has 1 aromatic heterocycles. The Morgan fingerprint density at radius 3 is 2.39 bits per heavy atom. The second-order valence-electron chi connectivity index (χ2n) is 7.83. The van der Waals surface area contributed by atoms with Gasteiger partial charge in [0, 0.05) is 24.3 Å². The molecule has 0 radical (unpaired) electrons. The topological polar surface area (TPSA) is 58.6 Å². The van der Waals surface area contributed by atoms with Gasteiger partial charge in [0.25, 0.3) is 11.8 Å². The van der Waals surface area contributed by atoms with Crippen LogP contribution < -0.4 is 10.1 Å². The molecule has 0 bridgehead atoms. The number of anilines is 1. The number of ether oxygens (including phenoxy) is 1. The van der Waals surface area contributed by atoms with Crippen molar-refractivity contribution in [2.75, 3.05) is 11.9 Å². The van der Waals surface area contributed by atoms with E-state index in [1.807, 2.05) is 70.9 Å². The van der Waals surface area contributed by atoms with Crippen LogP contribution in [0.15, 0.2) is 90.3 Å². The van der Waals surface area contributed by atoms with Crippen molar-refractivity contribution >= 4 is 28.8 Å². The molecule has 0 unspecified atom stereocenters. The summed E-state index contributed by atoms with van der Waals surface area (Å²) in [7, 11) is 0. The van der Waals surface area contributed by atoms with Gasteiger partial charge in [0.1, 0.15) is 11.5 Å². The highest BCUT2D eigenvalue weighted by molar-refractivity contribution is 7.12. The first-order valence-electron chi connectivity index (χ1n) is 10.7. The van der Waals surface area contributed by atoms with Crippen molar-refractivity contribution in [3.8, 4) is 11.5 Å².